The van der Waals surface area contributed by atoms with Crippen molar-refractivity contribution in [2.75, 3.05) is 0 Å². The molecule has 2 heteroatoms. The number of nitrogens with zero attached hydrogens (tertiary/aromatic N) is 2. The summed E-state index contributed by atoms with van der Waals surface area (Å²) < 4.78 is 0. The van der Waals surface area contributed by atoms with Gasteiger partial charge in [0.25, 0.3) is 0 Å². The third kappa shape index (κ3) is 7.14. The van der Waals surface area contributed by atoms with E-state index in [-0.39, 0.29) is 23.7 Å². The van der Waals surface area contributed by atoms with Crippen molar-refractivity contribution in [3.05, 3.63) is 201 Å². The third-order valence-corrected chi connectivity index (χ3v) is 10.8. The summed E-state index contributed by atoms with van der Waals surface area (Å²) in [5.41, 5.74) is 17.0. The molecule has 0 bridgehead atoms. The van der Waals surface area contributed by atoms with E-state index in [1.165, 1.54) is 55.6 Å². The number of hydrogen-bond acceptors (Lipinski definition) is 2. The van der Waals surface area contributed by atoms with Crippen molar-refractivity contribution in [3.63, 3.8) is 0 Å². The zero-order chi connectivity index (χ0) is 35.5. The average molecular weight is 665 g/mol. The summed E-state index contributed by atoms with van der Waals surface area (Å²) in [7, 11) is 0. The summed E-state index contributed by atoms with van der Waals surface area (Å²) in [6.45, 7) is 13.6. The zero-order valence-corrected chi connectivity index (χ0v) is 30.8. The summed E-state index contributed by atoms with van der Waals surface area (Å²) in [5, 5.41) is 0. The molecule has 0 aliphatic carbocycles. The van der Waals surface area contributed by atoms with Gasteiger partial charge in [0.05, 0.1) is 22.8 Å². The Bertz CT molecular complexity index is 2110. The molecule has 0 N–H and O–H groups in total. The van der Waals surface area contributed by atoms with Gasteiger partial charge in [0.2, 0.25) is 0 Å². The Kier molecular flexibility index (Phi) is 9.95. The number of fused-ring (bicyclic) bond motifs is 1. The standard InChI is InChI=1S/C49H48N2/c1-32-27-42(34(3)38-19-11-7-12-20-38)48(43(28-32)35(4)39-21-13-8-14-22-39)50-37(6)47-31-45(41-25-17-10-18-26-41)46-30-33(2)29-44(49(46)51-47)36(5)40-23-15-9-16-24-40/h7-30,34-36,45H,31H2,1-6H3/t34-,35-,36-,45-/m1/s1. The van der Waals surface area contributed by atoms with Gasteiger partial charge in [-0.25, -0.2) is 0 Å². The van der Waals surface area contributed by atoms with E-state index < -0.39 is 0 Å². The summed E-state index contributed by atoms with van der Waals surface area (Å²) in [6, 6.07) is 52.8. The molecule has 7 rings (SSSR count). The molecule has 0 fully saturated rings. The molecular formula is C49H48N2. The summed E-state index contributed by atoms with van der Waals surface area (Å²) in [4.78, 5) is 11.2. The van der Waals surface area contributed by atoms with Crippen LogP contribution in [0.2, 0.25) is 0 Å². The third-order valence-electron chi connectivity index (χ3n) is 10.8. The molecule has 0 saturated carbocycles. The number of aryl methyl sites for hydroxylation is 2. The lowest BCUT2D eigenvalue weighted by Gasteiger charge is -2.29. The molecule has 51 heavy (non-hydrogen) atoms. The fourth-order valence-electron chi connectivity index (χ4n) is 7.88. The summed E-state index contributed by atoms with van der Waals surface area (Å²) in [5.74, 6) is 0.729. The molecule has 0 spiro atoms. The fraction of sp³-hybridized carbons (Fsp3) is 0.224. The second-order valence-corrected chi connectivity index (χ2v) is 14.4. The molecule has 1 aliphatic rings. The van der Waals surface area contributed by atoms with Crippen LogP contribution in [0, 0.1) is 13.8 Å². The molecule has 254 valence electrons. The predicted molar refractivity (Wildman–Crippen MR) is 217 cm³/mol. The van der Waals surface area contributed by atoms with Crippen molar-refractivity contribution in [1.82, 2.24) is 0 Å². The molecule has 0 aromatic heterocycles. The number of aliphatic imine (C=N–C) groups is 2. The lowest BCUT2D eigenvalue weighted by Crippen LogP contribution is -2.21. The van der Waals surface area contributed by atoms with E-state index >= 15 is 0 Å². The highest BCUT2D eigenvalue weighted by molar-refractivity contribution is 6.43. The van der Waals surface area contributed by atoms with Crippen LogP contribution in [0.15, 0.2) is 156 Å². The van der Waals surface area contributed by atoms with Crippen LogP contribution in [-0.2, 0) is 0 Å². The number of hydrogen-bond donors (Lipinski definition) is 0. The molecule has 1 heterocycles. The van der Waals surface area contributed by atoms with E-state index in [4.69, 9.17) is 9.98 Å². The van der Waals surface area contributed by atoms with Crippen molar-refractivity contribution in [3.8, 4) is 0 Å². The van der Waals surface area contributed by atoms with E-state index in [0.29, 0.717) is 0 Å². The van der Waals surface area contributed by atoms with E-state index in [1.54, 1.807) is 0 Å². The normalized spacial score (nSPS) is 16.2. The topological polar surface area (TPSA) is 24.7 Å². The first-order valence-electron chi connectivity index (χ1n) is 18.4. The fourth-order valence-corrected chi connectivity index (χ4v) is 7.88. The Balaban J connectivity index is 1.42. The van der Waals surface area contributed by atoms with Crippen LogP contribution in [0.1, 0.15) is 113 Å². The van der Waals surface area contributed by atoms with Gasteiger partial charge in [0.1, 0.15) is 0 Å². The maximum Gasteiger partial charge on any atom is 0.0710 e. The van der Waals surface area contributed by atoms with E-state index in [0.717, 1.165) is 29.2 Å². The Morgan fingerprint density at radius 3 is 1.47 bits per heavy atom. The van der Waals surface area contributed by atoms with Crippen LogP contribution in [0.5, 0.6) is 0 Å². The van der Waals surface area contributed by atoms with Crippen molar-refractivity contribution < 1.29 is 0 Å². The maximum atomic E-state index is 5.65. The van der Waals surface area contributed by atoms with E-state index in [2.05, 4.69) is 187 Å². The monoisotopic (exact) mass is 664 g/mol. The van der Waals surface area contributed by atoms with Crippen molar-refractivity contribution in [2.45, 2.75) is 71.6 Å². The summed E-state index contributed by atoms with van der Waals surface area (Å²) in [6.07, 6.45) is 0.800. The van der Waals surface area contributed by atoms with Crippen LogP contribution in [0.3, 0.4) is 0 Å². The van der Waals surface area contributed by atoms with Gasteiger partial charge in [0, 0.05) is 30.1 Å². The van der Waals surface area contributed by atoms with Crippen LogP contribution in [-0.4, -0.2) is 11.4 Å². The zero-order valence-electron chi connectivity index (χ0n) is 30.8. The van der Waals surface area contributed by atoms with Crippen LogP contribution in [0.4, 0.5) is 11.4 Å². The van der Waals surface area contributed by atoms with Gasteiger partial charge in [-0.1, -0.05) is 177 Å². The molecule has 1 aliphatic heterocycles. The first-order valence-corrected chi connectivity index (χ1v) is 18.4. The second-order valence-electron chi connectivity index (χ2n) is 14.4. The molecule has 6 aromatic carbocycles. The van der Waals surface area contributed by atoms with Crippen LogP contribution in [0.25, 0.3) is 0 Å². The maximum absolute atomic E-state index is 5.65. The molecule has 0 saturated heterocycles. The molecule has 4 atom stereocenters. The quantitative estimate of drug-likeness (QED) is 0.137. The Morgan fingerprint density at radius 2 is 0.980 bits per heavy atom. The molecular weight excluding hydrogens is 617 g/mol. The molecule has 0 amide bonds. The minimum atomic E-state index is 0.173. The van der Waals surface area contributed by atoms with Gasteiger partial charge >= 0.3 is 0 Å². The van der Waals surface area contributed by atoms with Gasteiger partial charge in [-0.3, -0.25) is 9.98 Å². The lowest BCUT2D eigenvalue weighted by atomic mass is 9.79. The van der Waals surface area contributed by atoms with Gasteiger partial charge in [-0.15, -0.1) is 0 Å². The molecule has 0 radical (unpaired) electrons. The van der Waals surface area contributed by atoms with Gasteiger partial charge < -0.3 is 0 Å². The van der Waals surface area contributed by atoms with E-state index in [1.807, 2.05) is 0 Å². The first-order chi connectivity index (χ1) is 24.8. The largest absolute Gasteiger partial charge is 0.251 e. The average Bonchev–Trinajstić information content (AvgIpc) is 3.18. The minimum absolute atomic E-state index is 0.173. The SMILES string of the molecule is CC(=Nc1c([C@H](C)c2ccccc2)cc(C)cc1[C@H](C)c1ccccc1)C1=Nc2c([C@H](C)c3ccccc3)cc(C)cc2[C@@H](c2ccccc2)C1. The molecule has 2 nitrogen and oxygen atoms in total. The highest BCUT2D eigenvalue weighted by atomic mass is 14.8. The highest BCUT2D eigenvalue weighted by Gasteiger charge is 2.30. The molecule has 6 aromatic rings. The van der Waals surface area contributed by atoms with E-state index in [9.17, 15) is 0 Å². The smallest absolute Gasteiger partial charge is 0.0710 e. The Hall–Kier alpha value is -5.34. The van der Waals surface area contributed by atoms with Gasteiger partial charge in [0.15, 0.2) is 0 Å². The van der Waals surface area contributed by atoms with Gasteiger partial charge in [-0.05, 0) is 65.3 Å². The van der Waals surface area contributed by atoms with Crippen LogP contribution >= 0.6 is 0 Å². The van der Waals surface area contributed by atoms with Crippen molar-refractivity contribution >= 4 is 22.8 Å². The lowest BCUT2D eigenvalue weighted by molar-refractivity contribution is 0.827. The number of benzene rings is 6. The second kappa shape index (κ2) is 14.9. The van der Waals surface area contributed by atoms with Crippen molar-refractivity contribution in [2.24, 2.45) is 9.98 Å². The van der Waals surface area contributed by atoms with Crippen LogP contribution < -0.4 is 0 Å². The summed E-state index contributed by atoms with van der Waals surface area (Å²) >= 11 is 0. The molecule has 0 unspecified atom stereocenters. The van der Waals surface area contributed by atoms with Crippen molar-refractivity contribution in [1.29, 1.82) is 0 Å². The Morgan fingerprint density at radius 1 is 0.569 bits per heavy atom. The predicted octanol–water partition coefficient (Wildman–Crippen LogP) is 13.2. The highest BCUT2D eigenvalue weighted by Crippen LogP contribution is 2.46. The minimum Gasteiger partial charge on any atom is -0.251 e. The first kappa shape index (κ1) is 34.1. The number of rotatable bonds is 9. The Labute approximate surface area is 304 Å². The van der Waals surface area contributed by atoms with Gasteiger partial charge in [-0.2, -0.15) is 0 Å².